The third kappa shape index (κ3) is 4.36. The molecule has 1 aliphatic carbocycles. The molecule has 2 N–H and O–H groups in total. The number of amides is 1. The first-order valence-electron chi connectivity index (χ1n) is 7.69. The highest BCUT2D eigenvalue weighted by atomic mass is 32.2. The second kappa shape index (κ2) is 7.68. The second-order valence-corrected chi connectivity index (χ2v) is 6.63. The standard InChI is InChI=1S/C14H24N4O2S/c1-3-8-18-13(20)16-17-14(18)21-9-12(19)15-11-7-5-4-6-10(11)2/h10-11H,3-9H2,1-2H3,(H,15,19)(H,16,20)/t10-,11+/m1/s1. The molecule has 1 aromatic heterocycles. The molecule has 1 amide bonds. The van der Waals surface area contributed by atoms with E-state index in [2.05, 4.69) is 22.4 Å². The lowest BCUT2D eigenvalue weighted by Crippen LogP contribution is -2.41. The lowest BCUT2D eigenvalue weighted by Gasteiger charge is -2.29. The molecule has 1 aliphatic rings. The fraction of sp³-hybridized carbons (Fsp3) is 0.786. The van der Waals surface area contributed by atoms with Crippen LogP contribution in [0.2, 0.25) is 0 Å². The van der Waals surface area contributed by atoms with E-state index in [9.17, 15) is 9.59 Å². The van der Waals surface area contributed by atoms with E-state index in [4.69, 9.17) is 0 Å². The van der Waals surface area contributed by atoms with Crippen LogP contribution in [0.1, 0.15) is 46.0 Å². The molecule has 0 radical (unpaired) electrons. The number of carbonyl (C=O) groups is 1. The van der Waals surface area contributed by atoms with Crippen LogP contribution in [0.25, 0.3) is 0 Å². The van der Waals surface area contributed by atoms with Gasteiger partial charge in [-0.3, -0.25) is 9.36 Å². The third-order valence-corrected chi connectivity index (χ3v) is 4.94. The van der Waals surface area contributed by atoms with Crippen molar-refractivity contribution in [1.82, 2.24) is 20.1 Å². The van der Waals surface area contributed by atoms with Gasteiger partial charge in [-0.2, -0.15) is 0 Å². The van der Waals surface area contributed by atoms with Gasteiger partial charge in [-0.05, 0) is 25.2 Å². The van der Waals surface area contributed by atoms with Crippen molar-refractivity contribution in [3.8, 4) is 0 Å². The Morgan fingerprint density at radius 1 is 1.48 bits per heavy atom. The van der Waals surface area contributed by atoms with Crippen LogP contribution in [0, 0.1) is 5.92 Å². The maximum absolute atomic E-state index is 12.0. The van der Waals surface area contributed by atoms with Gasteiger partial charge in [0, 0.05) is 12.6 Å². The van der Waals surface area contributed by atoms with Crippen LogP contribution in [0.15, 0.2) is 9.95 Å². The van der Waals surface area contributed by atoms with Gasteiger partial charge in [0.25, 0.3) is 0 Å². The number of nitrogens with zero attached hydrogens (tertiary/aromatic N) is 2. The van der Waals surface area contributed by atoms with Crippen LogP contribution in [0.5, 0.6) is 0 Å². The highest BCUT2D eigenvalue weighted by molar-refractivity contribution is 7.99. The van der Waals surface area contributed by atoms with Crippen LogP contribution in [-0.2, 0) is 11.3 Å². The number of H-pyrrole nitrogens is 1. The largest absolute Gasteiger partial charge is 0.352 e. The number of nitrogens with one attached hydrogen (secondary N) is 2. The minimum absolute atomic E-state index is 0.0252. The molecule has 7 heteroatoms. The lowest BCUT2D eigenvalue weighted by molar-refractivity contribution is -0.119. The van der Waals surface area contributed by atoms with Gasteiger partial charge in [0.1, 0.15) is 0 Å². The van der Waals surface area contributed by atoms with Gasteiger partial charge in [-0.15, -0.1) is 5.10 Å². The van der Waals surface area contributed by atoms with E-state index in [0.29, 0.717) is 29.4 Å². The van der Waals surface area contributed by atoms with E-state index >= 15 is 0 Å². The maximum atomic E-state index is 12.0. The first-order chi connectivity index (χ1) is 10.1. The fourth-order valence-corrected chi connectivity index (χ4v) is 3.53. The van der Waals surface area contributed by atoms with Crippen molar-refractivity contribution in [1.29, 1.82) is 0 Å². The number of rotatable bonds is 6. The molecular weight excluding hydrogens is 288 g/mol. The summed E-state index contributed by atoms with van der Waals surface area (Å²) in [5, 5.41) is 10.1. The molecule has 1 saturated carbocycles. The summed E-state index contributed by atoms with van der Waals surface area (Å²) in [5.74, 6) is 0.880. The van der Waals surface area contributed by atoms with E-state index < -0.39 is 0 Å². The summed E-state index contributed by atoms with van der Waals surface area (Å²) in [6.45, 7) is 4.83. The van der Waals surface area contributed by atoms with Crippen LogP contribution in [0.3, 0.4) is 0 Å². The molecule has 0 unspecified atom stereocenters. The molecule has 0 aliphatic heterocycles. The Morgan fingerprint density at radius 3 is 2.95 bits per heavy atom. The van der Waals surface area contributed by atoms with E-state index in [1.807, 2.05) is 6.92 Å². The van der Waals surface area contributed by atoms with Gasteiger partial charge >= 0.3 is 5.69 Å². The van der Waals surface area contributed by atoms with E-state index in [1.54, 1.807) is 4.57 Å². The minimum Gasteiger partial charge on any atom is -0.352 e. The molecular formula is C14H24N4O2S. The van der Waals surface area contributed by atoms with Crippen molar-refractivity contribution in [2.24, 2.45) is 5.92 Å². The van der Waals surface area contributed by atoms with Gasteiger partial charge in [0.2, 0.25) is 5.91 Å². The van der Waals surface area contributed by atoms with Gasteiger partial charge in [-0.1, -0.05) is 38.5 Å². The molecule has 2 atom stereocenters. The summed E-state index contributed by atoms with van der Waals surface area (Å²) in [7, 11) is 0. The summed E-state index contributed by atoms with van der Waals surface area (Å²) in [6.07, 6.45) is 5.57. The number of hydrogen-bond donors (Lipinski definition) is 2. The zero-order valence-electron chi connectivity index (χ0n) is 12.7. The van der Waals surface area contributed by atoms with Crippen molar-refractivity contribution in [2.45, 2.75) is 63.7 Å². The summed E-state index contributed by atoms with van der Waals surface area (Å²) in [5.41, 5.74) is -0.208. The average Bonchev–Trinajstić information content (AvgIpc) is 2.81. The highest BCUT2D eigenvalue weighted by Crippen LogP contribution is 2.24. The molecule has 1 fully saturated rings. The monoisotopic (exact) mass is 312 g/mol. The zero-order chi connectivity index (χ0) is 15.2. The van der Waals surface area contributed by atoms with Gasteiger partial charge in [0.05, 0.1) is 5.75 Å². The van der Waals surface area contributed by atoms with Gasteiger partial charge in [0.15, 0.2) is 5.16 Å². The second-order valence-electron chi connectivity index (χ2n) is 5.69. The molecule has 1 heterocycles. The van der Waals surface area contributed by atoms with Gasteiger partial charge < -0.3 is 5.32 Å². The summed E-state index contributed by atoms with van der Waals surface area (Å²) in [6, 6.07) is 0.295. The Balaban J connectivity index is 1.85. The number of hydrogen-bond acceptors (Lipinski definition) is 4. The first-order valence-corrected chi connectivity index (χ1v) is 8.67. The molecule has 1 aromatic rings. The van der Waals surface area contributed by atoms with Crippen molar-refractivity contribution in [2.75, 3.05) is 5.75 Å². The molecule has 6 nitrogen and oxygen atoms in total. The number of carbonyl (C=O) groups excluding carboxylic acids is 1. The van der Waals surface area contributed by atoms with Crippen LogP contribution in [0.4, 0.5) is 0 Å². The number of aromatic nitrogens is 3. The average molecular weight is 312 g/mol. The Hall–Kier alpha value is -1.24. The molecule has 118 valence electrons. The SMILES string of the molecule is CCCn1c(SCC(=O)N[C@H]2CCCC[C@H]2C)n[nH]c1=O. The lowest BCUT2D eigenvalue weighted by atomic mass is 9.86. The molecule has 0 bridgehead atoms. The van der Waals surface area contributed by atoms with Crippen molar-refractivity contribution < 1.29 is 4.79 Å². The molecule has 0 spiro atoms. The van der Waals surface area contributed by atoms with Crippen molar-refractivity contribution in [3.63, 3.8) is 0 Å². The van der Waals surface area contributed by atoms with Crippen LogP contribution in [-0.4, -0.2) is 32.5 Å². The molecule has 2 rings (SSSR count). The number of thioether (sulfide) groups is 1. The van der Waals surface area contributed by atoms with Gasteiger partial charge in [-0.25, -0.2) is 9.89 Å². The Labute approximate surface area is 129 Å². The predicted molar refractivity (Wildman–Crippen MR) is 83.4 cm³/mol. The quantitative estimate of drug-likeness (QED) is 0.785. The highest BCUT2D eigenvalue weighted by Gasteiger charge is 2.23. The Morgan fingerprint density at radius 2 is 2.24 bits per heavy atom. The summed E-state index contributed by atoms with van der Waals surface area (Å²) < 4.78 is 1.58. The topological polar surface area (TPSA) is 79.8 Å². The normalized spacial score (nSPS) is 22.2. The van der Waals surface area contributed by atoms with Crippen molar-refractivity contribution in [3.05, 3.63) is 10.5 Å². The summed E-state index contributed by atoms with van der Waals surface area (Å²) >= 11 is 1.31. The van der Waals surface area contributed by atoms with E-state index in [0.717, 1.165) is 12.8 Å². The molecule has 0 aromatic carbocycles. The predicted octanol–water partition coefficient (Wildman–Crippen LogP) is 1.77. The smallest absolute Gasteiger partial charge is 0.343 e. The number of aromatic amines is 1. The molecule has 21 heavy (non-hydrogen) atoms. The van der Waals surface area contributed by atoms with Crippen LogP contribution >= 0.6 is 11.8 Å². The van der Waals surface area contributed by atoms with E-state index in [1.165, 1.54) is 31.0 Å². The molecule has 0 saturated heterocycles. The zero-order valence-corrected chi connectivity index (χ0v) is 13.5. The van der Waals surface area contributed by atoms with Crippen LogP contribution < -0.4 is 11.0 Å². The summed E-state index contributed by atoms with van der Waals surface area (Å²) in [4.78, 5) is 23.6. The minimum atomic E-state index is -0.208. The van der Waals surface area contributed by atoms with E-state index in [-0.39, 0.29) is 11.6 Å². The Kier molecular flexibility index (Phi) is 5.90. The van der Waals surface area contributed by atoms with Crippen molar-refractivity contribution >= 4 is 17.7 Å². The maximum Gasteiger partial charge on any atom is 0.343 e. The Bertz CT molecular complexity index is 525. The third-order valence-electron chi connectivity index (χ3n) is 3.96. The fourth-order valence-electron chi connectivity index (χ4n) is 2.74. The first kappa shape index (κ1) is 16.1.